The van der Waals surface area contributed by atoms with Gasteiger partial charge in [-0.15, -0.1) is 0 Å². The Morgan fingerprint density at radius 1 is 1.10 bits per heavy atom. The standard InChI is InChI=1S/C21H20N6O2S/c22-19-18-20(27(14-23-19)11-10-26-8-4-5-9-26)25-21(24-18)30-17-13-28-16(29-17)12-15-6-2-1-3-7-15/h1-9,13-14,16,22H,10-12H2,(H,24,25). The topological polar surface area (TPSA) is 93.7 Å². The number of aromatic amines is 1. The quantitative estimate of drug-likeness (QED) is 0.479. The molecular formula is C21H20N6O2S. The zero-order valence-corrected chi connectivity index (χ0v) is 16.9. The number of rotatable bonds is 7. The third kappa shape index (κ3) is 3.97. The van der Waals surface area contributed by atoms with Crippen molar-refractivity contribution < 1.29 is 9.47 Å². The Balaban J connectivity index is 1.29. The van der Waals surface area contributed by atoms with Gasteiger partial charge in [0.15, 0.2) is 21.4 Å². The second-order valence-corrected chi connectivity index (χ2v) is 7.85. The molecule has 4 heterocycles. The molecule has 0 bridgehead atoms. The molecule has 1 aromatic carbocycles. The van der Waals surface area contributed by atoms with Crippen LogP contribution < -0.4 is 5.49 Å². The van der Waals surface area contributed by atoms with Crippen molar-refractivity contribution in [2.75, 3.05) is 0 Å². The van der Waals surface area contributed by atoms with Gasteiger partial charge in [-0.1, -0.05) is 30.3 Å². The van der Waals surface area contributed by atoms with Crippen LogP contribution in [0.2, 0.25) is 0 Å². The van der Waals surface area contributed by atoms with Gasteiger partial charge >= 0.3 is 0 Å². The van der Waals surface area contributed by atoms with Crippen LogP contribution in [0.4, 0.5) is 0 Å². The zero-order valence-electron chi connectivity index (χ0n) is 16.1. The van der Waals surface area contributed by atoms with Crippen LogP contribution in [0.15, 0.2) is 77.7 Å². The predicted octanol–water partition coefficient (Wildman–Crippen LogP) is 3.25. The fourth-order valence-corrected chi connectivity index (χ4v) is 4.01. The molecule has 5 rings (SSSR count). The molecule has 8 nitrogen and oxygen atoms in total. The smallest absolute Gasteiger partial charge is 0.245 e. The molecular weight excluding hydrogens is 400 g/mol. The highest BCUT2D eigenvalue weighted by atomic mass is 32.2. The third-order valence-corrected chi connectivity index (χ3v) is 5.55. The first-order valence-electron chi connectivity index (χ1n) is 9.59. The van der Waals surface area contributed by atoms with Crippen LogP contribution in [0.25, 0.3) is 11.2 Å². The number of imidazole rings is 1. The summed E-state index contributed by atoms with van der Waals surface area (Å²) in [6.07, 6.45) is 7.64. The van der Waals surface area contributed by atoms with Gasteiger partial charge in [0, 0.05) is 31.9 Å². The molecule has 0 radical (unpaired) electrons. The number of aromatic nitrogens is 5. The number of aryl methyl sites for hydroxylation is 2. The van der Waals surface area contributed by atoms with Gasteiger partial charge in [0.25, 0.3) is 0 Å². The molecule has 0 fully saturated rings. The first-order valence-corrected chi connectivity index (χ1v) is 10.4. The zero-order chi connectivity index (χ0) is 20.3. The molecule has 0 amide bonds. The molecule has 152 valence electrons. The highest BCUT2D eigenvalue weighted by Gasteiger charge is 2.22. The summed E-state index contributed by atoms with van der Waals surface area (Å²) in [7, 11) is 0. The number of H-pyrrole nitrogens is 1. The number of ether oxygens (including phenoxy) is 2. The molecule has 1 atom stereocenters. The van der Waals surface area contributed by atoms with Gasteiger partial charge in [-0.2, -0.15) is 0 Å². The van der Waals surface area contributed by atoms with Crippen LogP contribution >= 0.6 is 11.8 Å². The Bertz CT molecular complexity index is 1230. The lowest BCUT2D eigenvalue weighted by molar-refractivity contribution is -0.0236. The maximum Gasteiger partial charge on any atom is 0.245 e. The third-order valence-electron chi connectivity index (χ3n) is 4.77. The van der Waals surface area contributed by atoms with E-state index >= 15 is 0 Å². The van der Waals surface area contributed by atoms with E-state index in [0.29, 0.717) is 34.4 Å². The Labute approximate surface area is 176 Å². The van der Waals surface area contributed by atoms with Gasteiger partial charge < -0.3 is 23.6 Å². The van der Waals surface area contributed by atoms with Crippen molar-refractivity contribution in [1.82, 2.24) is 24.1 Å². The van der Waals surface area contributed by atoms with Crippen molar-refractivity contribution in [2.24, 2.45) is 0 Å². The summed E-state index contributed by atoms with van der Waals surface area (Å²) in [5.41, 5.74) is 2.62. The lowest BCUT2D eigenvalue weighted by atomic mass is 10.1. The first-order chi connectivity index (χ1) is 14.7. The van der Waals surface area contributed by atoms with E-state index in [1.54, 1.807) is 12.6 Å². The minimum Gasteiger partial charge on any atom is -0.458 e. The second-order valence-electron chi connectivity index (χ2n) is 6.86. The molecule has 3 aromatic heterocycles. The van der Waals surface area contributed by atoms with E-state index in [0.717, 1.165) is 12.1 Å². The normalized spacial score (nSPS) is 15.7. The molecule has 9 heteroatoms. The van der Waals surface area contributed by atoms with Crippen LogP contribution in [-0.2, 0) is 29.0 Å². The molecule has 1 aliphatic rings. The van der Waals surface area contributed by atoms with E-state index < -0.39 is 0 Å². The van der Waals surface area contributed by atoms with Gasteiger partial charge in [0.05, 0.1) is 6.33 Å². The van der Waals surface area contributed by atoms with E-state index in [-0.39, 0.29) is 11.8 Å². The highest BCUT2D eigenvalue weighted by molar-refractivity contribution is 8.02. The largest absolute Gasteiger partial charge is 0.458 e. The first kappa shape index (κ1) is 18.6. The summed E-state index contributed by atoms with van der Waals surface area (Å²) in [6, 6.07) is 14.1. The molecule has 30 heavy (non-hydrogen) atoms. The summed E-state index contributed by atoms with van der Waals surface area (Å²) in [5.74, 6) is 0. The average molecular weight is 420 g/mol. The Morgan fingerprint density at radius 2 is 1.93 bits per heavy atom. The number of benzene rings is 1. The summed E-state index contributed by atoms with van der Waals surface area (Å²) >= 11 is 1.34. The molecule has 2 N–H and O–H groups in total. The fraction of sp³-hybridized carbons (Fsp3) is 0.190. The number of hydrogen-bond donors (Lipinski definition) is 2. The van der Waals surface area contributed by atoms with Crippen molar-refractivity contribution in [2.45, 2.75) is 31.0 Å². The van der Waals surface area contributed by atoms with Crippen molar-refractivity contribution in [3.05, 3.63) is 83.6 Å². The molecule has 0 spiro atoms. The van der Waals surface area contributed by atoms with Gasteiger partial charge in [-0.3, -0.25) is 5.41 Å². The van der Waals surface area contributed by atoms with Crippen molar-refractivity contribution in [3.8, 4) is 0 Å². The molecule has 1 unspecified atom stereocenters. The molecule has 1 aliphatic heterocycles. The minimum atomic E-state index is -0.348. The SMILES string of the molecule is N=c1ncn(CCn2cccc2)c2nc(SC3=COC(Cc4ccccc4)O3)[nH]c12. The summed E-state index contributed by atoms with van der Waals surface area (Å²) in [4.78, 5) is 12.0. The predicted molar refractivity (Wildman–Crippen MR) is 112 cm³/mol. The van der Waals surface area contributed by atoms with Crippen molar-refractivity contribution in [1.29, 1.82) is 5.41 Å². The summed E-state index contributed by atoms with van der Waals surface area (Å²) < 4.78 is 15.6. The van der Waals surface area contributed by atoms with E-state index in [1.165, 1.54) is 11.8 Å². The number of nitrogens with one attached hydrogen (secondary N) is 2. The lowest BCUT2D eigenvalue weighted by Gasteiger charge is -2.11. The van der Waals surface area contributed by atoms with Gasteiger partial charge in [-0.25, -0.2) is 9.97 Å². The molecule has 4 aromatic rings. The van der Waals surface area contributed by atoms with Crippen molar-refractivity contribution >= 4 is 22.9 Å². The Morgan fingerprint density at radius 3 is 2.77 bits per heavy atom. The lowest BCUT2D eigenvalue weighted by Crippen LogP contribution is -2.14. The van der Waals surface area contributed by atoms with Crippen LogP contribution in [-0.4, -0.2) is 30.4 Å². The van der Waals surface area contributed by atoms with E-state index in [9.17, 15) is 0 Å². The van der Waals surface area contributed by atoms with Crippen LogP contribution in [0.3, 0.4) is 0 Å². The average Bonchev–Trinajstić information content (AvgIpc) is 3.50. The maximum absolute atomic E-state index is 8.11. The van der Waals surface area contributed by atoms with Crippen LogP contribution in [0.5, 0.6) is 0 Å². The number of nitrogens with zero attached hydrogens (tertiary/aromatic N) is 4. The second kappa shape index (κ2) is 8.11. The van der Waals surface area contributed by atoms with Crippen molar-refractivity contribution in [3.63, 3.8) is 0 Å². The number of fused-ring (bicyclic) bond motifs is 1. The monoisotopic (exact) mass is 420 g/mol. The maximum atomic E-state index is 8.11. The van der Waals surface area contributed by atoms with E-state index in [1.807, 2.05) is 59.4 Å². The number of thioether (sulfide) groups is 1. The fourth-order valence-electron chi connectivity index (χ4n) is 3.27. The van der Waals surface area contributed by atoms with Crippen LogP contribution in [0, 0.1) is 5.41 Å². The van der Waals surface area contributed by atoms with E-state index in [2.05, 4.69) is 19.5 Å². The van der Waals surface area contributed by atoms with Crippen LogP contribution in [0.1, 0.15) is 5.56 Å². The minimum absolute atomic E-state index is 0.168. The van der Waals surface area contributed by atoms with Gasteiger partial charge in [0.2, 0.25) is 6.29 Å². The van der Waals surface area contributed by atoms with E-state index in [4.69, 9.17) is 14.9 Å². The number of hydrogen-bond acceptors (Lipinski definition) is 6. The summed E-state index contributed by atoms with van der Waals surface area (Å²) in [6.45, 7) is 1.50. The van der Waals surface area contributed by atoms with Gasteiger partial charge in [-0.05, 0) is 29.5 Å². The van der Waals surface area contributed by atoms with Gasteiger partial charge in [0.1, 0.15) is 11.8 Å². The molecule has 0 saturated heterocycles. The molecule has 0 aliphatic carbocycles. The highest BCUT2D eigenvalue weighted by Crippen LogP contribution is 2.32. The molecule has 0 saturated carbocycles. The Kier molecular flexibility index (Phi) is 5.02. The summed E-state index contributed by atoms with van der Waals surface area (Å²) in [5, 5.41) is 9.37. The Hall–Kier alpha value is -3.46.